The molecular weight excluding hydrogens is 305 g/mol. The molecule has 0 unspecified atom stereocenters. The van der Waals surface area contributed by atoms with E-state index in [4.69, 9.17) is 11.6 Å². The molecule has 114 valence electrons. The summed E-state index contributed by atoms with van der Waals surface area (Å²) in [5.41, 5.74) is 0.405. The Morgan fingerprint density at radius 1 is 1.35 bits per heavy atom. The number of hydrogen-bond donors (Lipinski definition) is 2. The standard InChI is InChI=1S/C12H19ClFN3O2S/c1-15-8-9-6-10(7-11(14)12(9)13)20(18,19)16-4-5-17(2)3/h6-7,15-16H,4-5,8H2,1-3H3. The molecule has 0 aromatic heterocycles. The lowest BCUT2D eigenvalue weighted by Gasteiger charge is -2.12. The second-order valence-corrected chi connectivity index (χ2v) is 6.75. The highest BCUT2D eigenvalue weighted by atomic mass is 35.5. The van der Waals surface area contributed by atoms with Crippen molar-refractivity contribution >= 4 is 21.6 Å². The van der Waals surface area contributed by atoms with Crippen LogP contribution >= 0.6 is 11.6 Å². The van der Waals surface area contributed by atoms with Crippen LogP contribution in [0, 0.1) is 5.82 Å². The van der Waals surface area contributed by atoms with E-state index in [9.17, 15) is 12.8 Å². The van der Waals surface area contributed by atoms with E-state index in [2.05, 4.69) is 10.0 Å². The van der Waals surface area contributed by atoms with E-state index in [0.29, 0.717) is 12.1 Å². The predicted molar refractivity (Wildman–Crippen MR) is 77.9 cm³/mol. The Bertz CT molecular complexity index is 564. The first-order chi connectivity index (χ1) is 9.27. The van der Waals surface area contributed by atoms with Crippen molar-refractivity contribution in [2.45, 2.75) is 11.4 Å². The first-order valence-corrected chi connectivity index (χ1v) is 7.91. The zero-order chi connectivity index (χ0) is 15.3. The van der Waals surface area contributed by atoms with Crippen LogP contribution in [0.2, 0.25) is 5.02 Å². The zero-order valence-corrected chi connectivity index (χ0v) is 13.3. The molecule has 0 spiro atoms. The Morgan fingerprint density at radius 3 is 2.55 bits per heavy atom. The van der Waals surface area contributed by atoms with Crippen LogP contribution < -0.4 is 10.0 Å². The van der Waals surface area contributed by atoms with Crippen molar-refractivity contribution in [3.05, 3.63) is 28.5 Å². The van der Waals surface area contributed by atoms with Gasteiger partial charge in [-0.05, 0) is 38.8 Å². The van der Waals surface area contributed by atoms with Gasteiger partial charge in [-0.25, -0.2) is 17.5 Å². The number of sulfonamides is 1. The van der Waals surface area contributed by atoms with Crippen LogP contribution in [-0.2, 0) is 16.6 Å². The van der Waals surface area contributed by atoms with Gasteiger partial charge in [0.1, 0.15) is 5.82 Å². The number of benzene rings is 1. The molecule has 1 rings (SSSR count). The van der Waals surface area contributed by atoms with Gasteiger partial charge in [0.15, 0.2) is 0 Å². The third kappa shape index (κ3) is 4.68. The second kappa shape index (κ2) is 7.33. The van der Waals surface area contributed by atoms with Crippen molar-refractivity contribution in [3.8, 4) is 0 Å². The first-order valence-electron chi connectivity index (χ1n) is 6.05. The lowest BCUT2D eigenvalue weighted by atomic mass is 10.2. The lowest BCUT2D eigenvalue weighted by Crippen LogP contribution is -2.31. The van der Waals surface area contributed by atoms with Crippen LogP contribution in [-0.4, -0.2) is 47.6 Å². The number of nitrogens with zero attached hydrogens (tertiary/aromatic N) is 1. The zero-order valence-electron chi connectivity index (χ0n) is 11.7. The Labute approximate surface area is 124 Å². The van der Waals surface area contributed by atoms with E-state index >= 15 is 0 Å². The first kappa shape index (κ1) is 17.3. The maximum atomic E-state index is 13.7. The predicted octanol–water partition coefficient (Wildman–Crippen LogP) is 1.04. The molecule has 0 saturated heterocycles. The summed E-state index contributed by atoms with van der Waals surface area (Å²) in [5, 5.41) is 2.75. The summed E-state index contributed by atoms with van der Waals surface area (Å²) in [7, 11) is 1.60. The molecule has 0 atom stereocenters. The summed E-state index contributed by atoms with van der Waals surface area (Å²) >= 11 is 5.80. The van der Waals surface area contributed by atoms with E-state index in [1.54, 1.807) is 7.05 Å². The van der Waals surface area contributed by atoms with Gasteiger partial charge in [0.05, 0.1) is 9.92 Å². The molecule has 0 radical (unpaired) electrons. The number of nitrogens with one attached hydrogen (secondary N) is 2. The van der Waals surface area contributed by atoms with Gasteiger partial charge in [-0.3, -0.25) is 0 Å². The molecule has 0 amide bonds. The lowest BCUT2D eigenvalue weighted by molar-refractivity contribution is 0.412. The molecule has 2 N–H and O–H groups in total. The summed E-state index contributed by atoms with van der Waals surface area (Å²) in [6, 6.07) is 2.30. The SMILES string of the molecule is CNCc1cc(S(=O)(=O)NCCN(C)C)cc(F)c1Cl. The van der Waals surface area contributed by atoms with Crippen molar-refractivity contribution in [3.63, 3.8) is 0 Å². The second-order valence-electron chi connectivity index (χ2n) is 4.61. The van der Waals surface area contributed by atoms with Gasteiger partial charge in [0.25, 0.3) is 0 Å². The van der Waals surface area contributed by atoms with Crippen LogP contribution in [0.15, 0.2) is 17.0 Å². The van der Waals surface area contributed by atoms with Gasteiger partial charge in [0, 0.05) is 19.6 Å². The number of likely N-dealkylation sites (N-methyl/N-ethyl adjacent to an activating group) is 1. The highest BCUT2D eigenvalue weighted by Crippen LogP contribution is 2.24. The Kier molecular flexibility index (Phi) is 6.35. The molecule has 1 aromatic rings. The average molecular weight is 324 g/mol. The Hall–Kier alpha value is -0.730. The fourth-order valence-electron chi connectivity index (χ4n) is 1.58. The molecule has 0 saturated carbocycles. The number of hydrogen-bond acceptors (Lipinski definition) is 4. The van der Waals surface area contributed by atoms with E-state index in [-0.39, 0.29) is 23.0 Å². The van der Waals surface area contributed by atoms with E-state index in [1.165, 1.54) is 6.07 Å². The Balaban J connectivity index is 3.00. The summed E-state index contributed by atoms with van der Waals surface area (Å²) in [5.74, 6) is -0.743. The molecule has 0 aliphatic carbocycles. The summed E-state index contributed by atoms with van der Waals surface area (Å²) < 4.78 is 40.3. The number of halogens is 2. The summed E-state index contributed by atoms with van der Waals surface area (Å²) in [4.78, 5) is 1.72. The van der Waals surface area contributed by atoms with Crippen molar-refractivity contribution in [2.24, 2.45) is 0 Å². The maximum absolute atomic E-state index is 13.7. The molecule has 20 heavy (non-hydrogen) atoms. The van der Waals surface area contributed by atoms with Gasteiger partial charge in [-0.15, -0.1) is 0 Å². The molecule has 0 fully saturated rings. The van der Waals surface area contributed by atoms with Crippen LogP contribution in [0.1, 0.15) is 5.56 Å². The monoisotopic (exact) mass is 323 g/mol. The van der Waals surface area contributed by atoms with Gasteiger partial charge >= 0.3 is 0 Å². The van der Waals surface area contributed by atoms with Crippen LogP contribution in [0.5, 0.6) is 0 Å². The molecule has 0 bridgehead atoms. The normalized spacial score (nSPS) is 12.1. The van der Waals surface area contributed by atoms with Crippen molar-refractivity contribution < 1.29 is 12.8 Å². The van der Waals surface area contributed by atoms with Gasteiger partial charge in [-0.1, -0.05) is 11.6 Å². The molecule has 0 aliphatic rings. The average Bonchev–Trinajstić information content (AvgIpc) is 2.34. The third-order valence-electron chi connectivity index (χ3n) is 2.61. The van der Waals surface area contributed by atoms with Gasteiger partial charge in [-0.2, -0.15) is 0 Å². The quantitative estimate of drug-likeness (QED) is 0.787. The maximum Gasteiger partial charge on any atom is 0.240 e. The minimum atomic E-state index is -3.74. The van der Waals surface area contributed by atoms with E-state index in [1.807, 2.05) is 19.0 Å². The van der Waals surface area contributed by atoms with Gasteiger partial charge < -0.3 is 10.2 Å². The van der Waals surface area contributed by atoms with Crippen molar-refractivity contribution in [2.75, 3.05) is 34.2 Å². The van der Waals surface area contributed by atoms with Gasteiger partial charge in [0.2, 0.25) is 10.0 Å². The smallest absolute Gasteiger partial charge is 0.240 e. The molecule has 0 heterocycles. The van der Waals surface area contributed by atoms with Crippen LogP contribution in [0.25, 0.3) is 0 Å². The fraction of sp³-hybridized carbons (Fsp3) is 0.500. The van der Waals surface area contributed by atoms with E-state index < -0.39 is 15.8 Å². The number of rotatable bonds is 7. The molecule has 5 nitrogen and oxygen atoms in total. The Morgan fingerprint density at radius 2 is 2.00 bits per heavy atom. The van der Waals surface area contributed by atoms with Crippen LogP contribution in [0.4, 0.5) is 4.39 Å². The van der Waals surface area contributed by atoms with Crippen molar-refractivity contribution in [1.82, 2.24) is 14.9 Å². The summed E-state index contributed by atoms with van der Waals surface area (Å²) in [6.07, 6.45) is 0. The third-order valence-corrected chi connectivity index (χ3v) is 4.47. The molecule has 8 heteroatoms. The topological polar surface area (TPSA) is 61.4 Å². The van der Waals surface area contributed by atoms with Crippen LogP contribution in [0.3, 0.4) is 0 Å². The minimum absolute atomic E-state index is 0.0633. The van der Waals surface area contributed by atoms with Crippen molar-refractivity contribution in [1.29, 1.82) is 0 Å². The fourth-order valence-corrected chi connectivity index (χ4v) is 2.84. The molecule has 1 aromatic carbocycles. The van der Waals surface area contributed by atoms with E-state index in [0.717, 1.165) is 6.07 Å². The largest absolute Gasteiger partial charge is 0.316 e. The highest BCUT2D eigenvalue weighted by Gasteiger charge is 2.18. The highest BCUT2D eigenvalue weighted by molar-refractivity contribution is 7.89. The molecule has 0 aliphatic heterocycles. The summed E-state index contributed by atoms with van der Waals surface area (Å²) in [6.45, 7) is 1.09. The minimum Gasteiger partial charge on any atom is -0.316 e. The molecular formula is C12H19ClFN3O2S.